The van der Waals surface area contributed by atoms with Crippen molar-refractivity contribution in [3.8, 4) is 0 Å². The van der Waals surface area contributed by atoms with E-state index in [1.54, 1.807) is 0 Å². The molecule has 0 radical (unpaired) electrons. The maximum Gasteiger partial charge on any atom is 0.310 e. The van der Waals surface area contributed by atoms with Gasteiger partial charge in [-0.15, -0.1) is 0 Å². The third kappa shape index (κ3) is 3.57. The van der Waals surface area contributed by atoms with E-state index in [1.165, 1.54) is 11.1 Å². The molecule has 1 aliphatic carbocycles. The molecule has 2 unspecified atom stereocenters. The Labute approximate surface area is 115 Å². The molecular formula is C16H23NO2. The fourth-order valence-corrected chi connectivity index (χ4v) is 2.71. The van der Waals surface area contributed by atoms with Gasteiger partial charge in [-0.1, -0.05) is 31.2 Å². The third-order valence-corrected chi connectivity index (χ3v) is 3.61. The van der Waals surface area contributed by atoms with Gasteiger partial charge < -0.3 is 9.64 Å². The molecule has 2 atom stereocenters. The summed E-state index contributed by atoms with van der Waals surface area (Å²) < 4.78 is 5.71. The van der Waals surface area contributed by atoms with Crippen molar-refractivity contribution >= 4 is 5.97 Å². The van der Waals surface area contributed by atoms with Crippen LogP contribution < -0.4 is 0 Å². The summed E-state index contributed by atoms with van der Waals surface area (Å²) in [7, 11) is 3.94. The van der Waals surface area contributed by atoms with Gasteiger partial charge in [0.1, 0.15) is 6.10 Å². The van der Waals surface area contributed by atoms with Gasteiger partial charge in [0, 0.05) is 6.54 Å². The molecule has 0 bridgehead atoms. The number of fused-ring (bicyclic) bond motifs is 1. The molecule has 0 spiro atoms. The highest BCUT2D eigenvalue weighted by Gasteiger charge is 2.25. The second-order valence-corrected chi connectivity index (χ2v) is 5.68. The minimum Gasteiger partial charge on any atom is -0.457 e. The average molecular weight is 261 g/mol. The van der Waals surface area contributed by atoms with Crippen LogP contribution in [-0.4, -0.2) is 31.5 Å². The topological polar surface area (TPSA) is 29.5 Å². The van der Waals surface area contributed by atoms with Gasteiger partial charge in [-0.3, -0.25) is 4.79 Å². The first-order valence-corrected chi connectivity index (χ1v) is 7.01. The van der Waals surface area contributed by atoms with Crippen molar-refractivity contribution in [3.05, 3.63) is 35.4 Å². The fraction of sp³-hybridized carbons (Fsp3) is 0.562. The summed E-state index contributed by atoms with van der Waals surface area (Å²) >= 11 is 0. The number of hydrogen-bond acceptors (Lipinski definition) is 3. The molecule has 1 aromatic carbocycles. The Bertz CT molecular complexity index is 442. The van der Waals surface area contributed by atoms with Crippen molar-refractivity contribution in [1.82, 2.24) is 4.90 Å². The summed E-state index contributed by atoms with van der Waals surface area (Å²) in [5.41, 5.74) is 2.52. The molecule has 104 valence electrons. The highest BCUT2D eigenvalue weighted by Crippen LogP contribution is 2.32. The van der Waals surface area contributed by atoms with E-state index in [4.69, 9.17) is 4.74 Å². The fourth-order valence-electron chi connectivity index (χ4n) is 2.71. The average Bonchev–Trinajstić information content (AvgIpc) is 2.38. The quantitative estimate of drug-likeness (QED) is 0.781. The summed E-state index contributed by atoms with van der Waals surface area (Å²) in [5, 5.41) is 0. The summed E-state index contributed by atoms with van der Waals surface area (Å²) in [6.07, 6.45) is 3.08. The van der Waals surface area contributed by atoms with Gasteiger partial charge in [-0.25, -0.2) is 0 Å². The van der Waals surface area contributed by atoms with Crippen molar-refractivity contribution in [3.63, 3.8) is 0 Å². The number of benzene rings is 1. The number of nitrogens with zero attached hydrogens (tertiary/aromatic N) is 1. The molecule has 3 nitrogen and oxygen atoms in total. The molecule has 0 aliphatic heterocycles. The van der Waals surface area contributed by atoms with Crippen LogP contribution in [0.4, 0.5) is 0 Å². The Morgan fingerprint density at radius 1 is 1.42 bits per heavy atom. The van der Waals surface area contributed by atoms with Gasteiger partial charge >= 0.3 is 5.97 Å². The van der Waals surface area contributed by atoms with E-state index in [9.17, 15) is 4.79 Å². The van der Waals surface area contributed by atoms with Gasteiger partial charge in [-0.05, 0) is 44.5 Å². The molecular weight excluding hydrogens is 238 g/mol. The third-order valence-electron chi connectivity index (χ3n) is 3.61. The Hall–Kier alpha value is -1.35. The normalized spacial score (nSPS) is 19.9. The van der Waals surface area contributed by atoms with E-state index < -0.39 is 0 Å². The van der Waals surface area contributed by atoms with E-state index in [0.29, 0.717) is 0 Å². The van der Waals surface area contributed by atoms with Crippen LogP contribution in [0.25, 0.3) is 0 Å². The Morgan fingerprint density at radius 2 is 2.16 bits per heavy atom. The van der Waals surface area contributed by atoms with Gasteiger partial charge in [0.15, 0.2) is 0 Å². The zero-order chi connectivity index (χ0) is 13.8. The van der Waals surface area contributed by atoms with Crippen LogP contribution in [0.1, 0.15) is 37.0 Å². The Morgan fingerprint density at radius 3 is 2.89 bits per heavy atom. The Balaban J connectivity index is 2.02. The lowest BCUT2D eigenvalue weighted by Crippen LogP contribution is -2.28. The minimum atomic E-state index is -0.0876. The lowest BCUT2D eigenvalue weighted by atomic mass is 9.89. The number of hydrogen-bond donors (Lipinski definition) is 0. The predicted molar refractivity (Wildman–Crippen MR) is 75.9 cm³/mol. The van der Waals surface area contributed by atoms with Gasteiger partial charge in [-0.2, -0.15) is 0 Å². The second-order valence-electron chi connectivity index (χ2n) is 5.68. The monoisotopic (exact) mass is 261 g/mol. The van der Waals surface area contributed by atoms with E-state index in [2.05, 4.69) is 18.2 Å². The molecule has 19 heavy (non-hydrogen) atoms. The first-order valence-electron chi connectivity index (χ1n) is 7.01. The largest absolute Gasteiger partial charge is 0.457 e. The number of carbonyl (C=O) groups is 1. The van der Waals surface area contributed by atoms with Crippen LogP contribution in [0, 0.1) is 5.92 Å². The second kappa shape index (κ2) is 6.20. The van der Waals surface area contributed by atoms with Crippen molar-refractivity contribution in [2.45, 2.75) is 32.3 Å². The SMILES string of the molecule is CC(CN(C)C)C(=O)OC1CCCc2ccccc21. The van der Waals surface area contributed by atoms with Crippen LogP contribution >= 0.6 is 0 Å². The molecule has 1 aliphatic rings. The van der Waals surface area contributed by atoms with Crippen LogP contribution in [0.3, 0.4) is 0 Å². The molecule has 0 saturated heterocycles. The molecule has 0 heterocycles. The zero-order valence-corrected chi connectivity index (χ0v) is 12.1. The van der Waals surface area contributed by atoms with Crippen molar-refractivity contribution in [2.24, 2.45) is 5.92 Å². The zero-order valence-electron chi connectivity index (χ0n) is 12.1. The van der Waals surface area contributed by atoms with E-state index in [1.807, 2.05) is 32.0 Å². The van der Waals surface area contributed by atoms with E-state index in [0.717, 1.165) is 25.8 Å². The molecule has 0 aromatic heterocycles. The highest BCUT2D eigenvalue weighted by atomic mass is 16.5. The summed E-state index contributed by atoms with van der Waals surface area (Å²) in [6, 6.07) is 8.30. The van der Waals surface area contributed by atoms with Crippen LogP contribution in [0.2, 0.25) is 0 Å². The first-order chi connectivity index (χ1) is 9.08. The molecule has 0 fully saturated rings. The number of rotatable bonds is 4. The minimum absolute atomic E-state index is 0.0536. The molecule has 0 saturated carbocycles. The predicted octanol–water partition coefficient (Wildman–Crippen LogP) is 2.80. The lowest BCUT2D eigenvalue weighted by Gasteiger charge is -2.27. The molecule has 0 amide bonds. The maximum absolute atomic E-state index is 12.1. The lowest BCUT2D eigenvalue weighted by molar-refractivity contribution is -0.155. The number of aryl methyl sites for hydroxylation is 1. The molecule has 1 aromatic rings. The van der Waals surface area contributed by atoms with Crippen LogP contribution in [0.15, 0.2) is 24.3 Å². The van der Waals surface area contributed by atoms with Crippen molar-refractivity contribution in [2.75, 3.05) is 20.6 Å². The van der Waals surface area contributed by atoms with Crippen LogP contribution in [0.5, 0.6) is 0 Å². The summed E-state index contributed by atoms with van der Waals surface area (Å²) in [4.78, 5) is 14.1. The van der Waals surface area contributed by atoms with Gasteiger partial charge in [0.25, 0.3) is 0 Å². The molecule has 3 heteroatoms. The number of carbonyl (C=O) groups excluding carboxylic acids is 1. The summed E-state index contributed by atoms with van der Waals surface area (Å²) in [6.45, 7) is 2.66. The smallest absolute Gasteiger partial charge is 0.310 e. The van der Waals surface area contributed by atoms with Crippen LogP contribution in [-0.2, 0) is 16.0 Å². The van der Waals surface area contributed by atoms with E-state index >= 15 is 0 Å². The van der Waals surface area contributed by atoms with E-state index in [-0.39, 0.29) is 18.0 Å². The van der Waals surface area contributed by atoms with Crippen molar-refractivity contribution in [1.29, 1.82) is 0 Å². The highest BCUT2D eigenvalue weighted by molar-refractivity contribution is 5.72. The van der Waals surface area contributed by atoms with Crippen molar-refractivity contribution < 1.29 is 9.53 Å². The number of ether oxygens (including phenoxy) is 1. The standard InChI is InChI=1S/C16H23NO2/c1-12(11-17(2)3)16(18)19-15-10-6-8-13-7-4-5-9-14(13)15/h4-5,7,9,12,15H,6,8,10-11H2,1-3H3. The number of esters is 1. The summed E-state index contributed by atoms with van der Waals surface area (Å²) in [5.74, 6) is -0.167. The van der Waals surface area contributed by atoms with Gasteiger partial charge in [0.05, 0.1) is 5.92 Å². The molecule has 0 N–H and O–H groups in total. The first kappa shape index (κ1) is 14.1. The Kier molecular flexibility index (Phi) is 4.59. The molecule has 2 rings (SSSR count). The maximum atomic E-state index is 12.1. The van der Waals surface area contributed by atoms with Gasteiger partial charge in [0.2, 0.25) is 0 Å².